The third kappa shape index (κ3) is 4.05. The average Bonchev–Trinajstić information content (AvgIpc) is 2.73. The Balaban J connectivity index is 2.07. The molecule has 0 unspecified atom stereocenters. The molecule has 1 aliphatic rings. The molecular weight excluding hydrogens is 306 g/mol. The van der Waals surface area contributed by atoms with Crippen LogP contribution in [-0.2, 0) is 26.0 Å². The Hall–Kier alpha value is -1.93. The lowest BCUT2D eigenvalue weighted by molar-refractivity contribution is -0.121. The average molecular weight is 325 g/mol. The Morgan fingerprint density at radius 3 is 2.64 bits per heavy atom. The van der Waals surface area contributed by atoms with E-state index in [0.29, 0.717) is 11.3 Å². The molecule has 0 radical (unpaired) electrons. The van der Waals surface area contributed by atoms with E-state index in [1.165, 1.54) is 12.1 Å². The van der Waals surface area contributed by atoms with E-state index in [4.69, 9.17) is 0 Å². The second-order valence-corrected chi connectivity index (χ2v) is 7.93. The number of rotatable bonds is 4. The van der Waals surface area contributed by atoms with E-state index in [1.54, 1.807) is 6.07 Å². The number of amides is 2. The van der Waals surface area contributed by atoms with Crippen LogP contribution in [0, 0.1) is 0 Å². The molecule has 7 nitrogen and oxygen atoms in total. The first-order valence-electron chi connectivity index (χ1n) is 6.80. The maximum absolute atomic E-state index is 12.2. The molecule has 2 rings (SSSR count). The zero-order chi connectivity index (χ0) is 16.5. The van der Waals surface area contributed by atoms with Crippen molar-refractivity contribution in [1.29, 1.82) is 0 Å². The number of benzene rings is 1. The number of sulfonamides is 1. The van der Waals surface area contributed by atoms with Crippen molar-refractivity contribution in [3.63, 3.8) is 0 Å². The number of carbonyl (C=O) groups is 2. The highest BCUT2D eigenvalue weighted by Gasteiger charge is 2.22. The second kappa shape index (κ2) is 5.69. The van der Waals surface area contributed by atoms with E-state index < -0.39 is 21.5 Å². The van der Waals surface area contributed by atoms with Crippen LogP contribution in [0.3, 0.4) is 0 Å². The molecule has 1 aromatic rings. The summed E-state index contributed by atoms with van der Waals surface area (Å²) >= 11 is 0. The van der Waals surface area contributed by atoms with E-state index in [1.807, 2.05) is 20.8 Å². The van der Waals surface area contributed by atoms with Gasteiger partial charge < -0.3 is 10.6 Å². The molecule has 0 saturated carbocycles. The minimum absolute atomic E-state index is 0.0336. The van der Waals surface area contributed by atoms with E-state index in [9.17, 15) is 18.0 Å². The summed E-state index contributed by atoms with van der Waals surface area (Å²) in [6.45, 7) is 5.09. The van der Waals surface area contributed by atoms with Crippen molar-refractivity contribution in [1.82, 2.24) is 10.0 Å². The van der Waals surface area contributed by atoms with Crippen LogP contribution >= 0.6 is 0 Å². The van der Waals surface area contributed by atoms with Crippen LogP contribution in [0.2, 0.25) is 0 Å². The topological polar surface area (TPSA) is 104 Å². The van der Waals surface area contributed by atoms with Crippen molar-refractivity contribution < 1.29 is 18.0 Å². The van der Waals surface area contributed by atoms with Crippen LogP contribution in [0.25, 0.3) is 0 Å². The number of hydrogen-bond acceptors (Lipinski definition) is 4. The van der Waals surface area contributed by atoms with Crippen LogP contribution < -0.4 is 15.4 Å². The lowest BCUT2D eigenvalue weighted by Crippen LogP contribution is -2.45. The minimum atomic E-state index is -3.80. The Labute approximate surface area is 129 Å². The molecule has 1 aromatic carbocycles. The van der Waals surface area contributed by atoms with Gasteiger partial charge in [0.1, 0.15) is 0 Å². The highest BCUT2D eigenvalue weighted by Crippen LogP contribution is 2.25. The lowest BCUT2D eigenvalue weighted by Gasteiger charge is -2.20. The molecule has 22 heavy (non-hydrogen) atoms. The van der Waals surface area contributed by atoms with Gasteiger partial charge in [-0.25, -0.2) is 13.1 Å². The van der Waals surface area contributed by atoms with Gasteiger partial charge in [0.25, 0.3) is 0 Å². The summed E-state index contributed by atoms with van der Waals surface area (Å²) in [4.78, 5) is 23.0. The summed E-state index contributed by atoms with van der Waals surface area (Å²) < 4.78 is 26.6. The van der Waals surface area contributed by atoms with Gasteiger partial charge in [-0.3, -0.25) is 9.59 Å². The predicted octanol–water partition coefficient (Wildman–Crippen LogP) is 0.374. The molecule has 0 atom stereocenters. The van der Waals surface area contributed by atoms with E-state index in [2.05, 4.69) is 15.4 Å². The molecular formula is C14H19N3O4S. The van der Waals surface area contributed by atoms with Crippen molar-refractivity contribution in [3.8, 4) is 0 Å². The maximum Gasteiger partial charge on any atom is 0.241 e. The van der Waals surface area contributed by atoms with Crippen molar-refractivity contribution >= 4 is 27.5 Å². The SMILES string of the molecule is CC(C)(C)NC(=O)CNS(=O)(=O)c1ccc2c(c1)CC(=O)N2. The largest absolute Gasteiger partial charge is 0.350 e. The number of hydrogen-bond donors (Lipinski definition) is 3. The van der Waals surface area contributed by atoms with Crippen LogP contribution in [0.15, 0.2) is 23.1 Å². The first-order chi connectivity index (χ1) is 10.1. The fraction of sp³-hybridized carbons (Fsp3) is 0.429. The standard InChI is InChI=1S/C14H19N3O4S/c1-14(2,3)17-13(19)8-15-22(20,21)10-4-5-11-9(6-10)7-12(18)16-11/h4-6,15H,7-8H2,1-3H3,(H,16,18)(H,17,19). The summed E-state index contributed by atoms with van der Waals surface area (Å²) in [7, 11) is -3.80. The zero-order valence-electron chi connectivity index (χ0n) is 12.7. The van der Waals surface area contributed by atoms with Crippen molar-refractivity contribution in [3.05, 3.63) is 23.8 Å². The number of nitrogens with one attached hydrogen (secondary N) is 3. The summed E-state index contributed by atoms with van der Waals surface area (Å²) in [6.07, 6.45) is 0.156. The zero-order valence-corrected chi connectivity index (χ0v) is 13.5. The smallest absolute Gasteiger partial charge is 0.241 e. The van der Waals surface area contributed by atoms with Crippen molar-refractivity contribution in [2.24, 2.45) is 0 Å². The Morgan fingerprint density at radius 2 is 2.00 bits per heavy atom. The first kappa shape index (κ1) is 16.4. The fourth-order valence-corrected chi connectivity index (χ4v) is 3.11. The van der Waals surface area contributed by atoms with E-state index in [-0.39, 0.29) is 23.8 Å². The van der Waals surface area contributed by atoms with Gasteiger partial charge in [0, 0.05) is 11.2 Å². The van der Waals surface area contributed by atoms with Gasteiger partial charge in [-0.1, -0.05) is 0 Å². The van der Waals surface area contributed by atoms with Crippen LogP contribution in [-0.4, -0.2) is 32.3 Å². The molecule has 0 aliphatic carbocycles. The Kier molecular flexibility index (Phi) is 4.25. The molecule has 1 aliphatic heterocycles. The monoisotopic (exact) mass is 325 g/mol. The summed E-state index contributed by atoms with van der Waals surface area (Å²) in [5, 5.41) is 5.30. The summed E-state index contributed by atoms with van der Waals surface area (Å²) in [6, 6.07) is 4.38. The molecule has 1 heterocycles. The molecule has 0 bridgehead atoms. The van der Waals surface area contributed by atoms with Gasteiger partial charge in [0.15, 0.2) is 0 Å². The normalized spacial score (nSPS) is 14.4. The number of fused-ring (bicyclic) bond motifs is 1. The molecule has 0 aromatic heterocycles. The summed E-state index contributed by atoms with van der Waals surface area (Å²) in [5.74, 6) is -0.573. The van der Waals surface area contributed by atoms with Gasteiger partial charge in [0.05, 0.1) is 17.9 Å². The van der Waals surface area contributed by atoms with Crippen LogP contribution in [0.4, 0.5) is 5.69 Å². The number of carbonyl (C=O) groups excluding carboxylic acids is 2. The van der Waals surface area contributed by atoms with E-state index >= 15 is 0 Å². The highest BCUT2D eigenvalue weighted by atomic mass is 32.2. The molecule has 120 valence electrons. The lowest BCUT2D eigenvalue weighted by atomic mass is 10.1. The third-order valence-corrected chi connectivity index (χ3v) is 4.35. The Morgan fingerprint density at radius 1 is 1.32 bits per heavy atom. The van der Waals surface area contributed by atoms with E-state index in [0.717, 1.165) is 0 Å². The van der Waals surface area contributed by atoms with Crippen LogP contribution in [0.5, 0.6) is 0 Å². The van der Waals surface area contributed by atoms with Gasteiger partial charge in [-0.15, -0.1) is 0 Å². The van der Waals surface area contributed by atoms with Gasteiger partial charge >= 0.3 is 0 Å². The molecule has 0 saturated heterocycles. The fourth-order valence-electron chi connectivity index (χ4n) is 2.08. The van der Waals surface area contributed by atoms with Gasteiger partial charge in [0.2, 0.25) is 21.8 Å². The second-order valence-electron chi connectivity index (χ2n) is 6.17. The molecule has 0 fully saturated rings. The predicted molar refractivity (Wildman–Crippen MR) is 81.9 cm³/mol. The van der Waals surface area contributed by atoms with Gasteiger partial charge in [-0.05, 0) is 44.5 Å². The molecule has 8 heteroatoms. The molecule has 0 spiro atoms. The van der Waals surface area contributed by atoms with Crippen molar-refractivity contribution in [2.45, 2.75) is 37.6 Å². The first-order valence-corrected chi connectivity index (χ1v) is 8.29. The summed E-state index contributed by atoms with van der Waals surface area (Å²) in [5.41, 5.74) is 0.823. The third-order valence-electron chi connectivity index (χ3n) is 2.95. The number of anilines is 1. The highest BCUT2D eigenvalue weighted by molar-refractivity contribution is 7.89. The van der Waals surface area contributed by atoms with Crippen molar-refractivity contribution in [2.75, 3.05) is 11.9 Å². The van der Waals surface area contributed by atoms with Gasteiger partial charge in [-0.2, -0.15) is 0 Å². The maximum atomic E-state index is 12.2. The Bertz CT molecular complexity index is 720. The molecule has 3 N–H and O–H groups in total. The quantitative estimate of drug-likeness (QED) is 0.744. The van der Waals surface area contributed by atoms with Crippen LogP contribution in [0.1, 0.15) is 26.3 Å². The molecule has 2 amide bonds. The minimum Gasteiger partial charge on any atom is -0.350 e.